The van der Waals surface area contributed by atoms with E-state index < -0.39 is 10.0 Å². The minimum Gasteiger partial charge on any atom is -0.356 e. The zero-order chi connectivity index (χ0) is 20.9. The van der Waals surface area contributed by atoms with Crippen LogP contribution in [-0.2, 0) is 22.0 Å². The van der Waals surface area contributed by atoms with Crippen LogP contribution < -0.4 is 15.8 Å². The summed E-state index contributed by atoms with van der Waals surface area (Å²) in [6.07, 6.45) is 0. The zero-order valence-electron chi connectivity index (χ0n) is 16.4. The Kier molecular flexibility index (Phi) is 9.32. The van der Waals surface area contributed by atoms with Crippen LogP contribution >= 0.6 is 35.6 Å². The van der Waals surface area contributed by atoms with Crippen LogP contribution in [0, 0.1) is 5.82 Å². The topological polar surface area (TPSA) is 96.6 Å². The molecule has 6 nitrogen and oxygen atoms in total. The van der Waals surface area contributed by atoms with Gasteiger partial charge in [-0.25, -0.2) is 17.9 Å². The average Bonchev–Trinajstić information content (AvgIpc) is 2.61. The van der Waals surface area contributed by atoms with Gasteiger partial charge in [-0.05, 0) is 35.4 Å². The van der Waals surface area contributed by atoms with E-state index in [2.05, 4.69) is 15.6 Å². The van der Waals surface area contributed by atoms with E-state index in [1.807, 2.05) is 13.8 Å². The summed E-state index contributed by atoms with van der Waals surface area (Å²) < 4.78 is 35.9. The maximum Gasteiger partial charge on any atom is 0.238 e. The first-order valence-corrected chi connectivity index (χ1v) is 10.5. The minimum absolute atomic E-state index is 0. The highest BCUT2D eigenvalue weighted by molar-refractivity contribution is 14.0. The molecule has 160 valence electrons. The standard InChI is InChI=1S/C19H24ClFN4O2S.HI/c1-19(2,16-9-6-14(21)10-17(16)20)12-25-18(23-3)24-11-13-4-7-15(8-5-13)28(22,26)27;/h4-10H,11-12H2,1-3H3,(H2,22,26,27)(H2,23,24,25);1H. The normalized spacial score (nSPS) is 12.3. The van der Waals surface area contributed by atoms with Gasteiger partial charge < -0.3 is 10.6 Å². The number of guanidine groups is 1. The SMILES string of the molecule is CN=C(NCc1ccc(S(N)(=O)=O)cc1)NCC(C)(C)c1ccc(F)cc1Cl.I. The lowest BCUT2D eigenvalue weighted by Crippen LogP contribution is -2.43. The minimum atomic E-state index is -3.70. The van der Waals surface area contributed by atoms with Crippen LogP contribution in [0.15, 0.2) is 52.4 Å². The first-order valence-electron chi connectivity index (χ1n) is 8.55. The summed E-state index contributed by atoms with van der Waals surface area (Å²) >= 11 is 6.18. The maximum absolute atomic E-state index is 13.3. The highest BCUT2D eigenvalue weighted by atomic mass is 127. The Bertz CT molecular complexity index is 967. The Labute approximate surface area is 193 Å². The van der Waals surface area contributed by atoms with Crippen LogP contribution in [-0.4, -0.2) is 28.0 Å². The Balaban J connectivity index is 0.00000420. The maximum atomic E-state index is 13.3. The molecule has 0 aliphatic rings. The summed E-state index contributed by atoms with van der Waals surface area (Å²) in [5, 5.41) is 11.9. The van der Waals surface area contributed by atoms with Gasteiger partial charge in [0.25, 0.3) is 0 Å². The third kappa shape index (κ3) is 7.40. The monoisotopic (exact) mass is 554 g/mol. The van der Waals surface area contributed by atoms with E-state index in [0.717, 1.165) is 11.1 Å². The van der Waals surface area contributed by atoms with Crippen molar-refractivity contribution < 1.29 is 12.8 Å². The molecule has 0 spiro atoms. The molecular weight excluding hydrogens is 530 g/mol. The molecule has 0 bridgehead atoms. The summed E-state index contributed by atoms with van der Waals surface area (Å²) in [7, 11) is -2.05. The van der Waals surface area contributed by atoms with Crippen LogP contribution in [0.5, 0.6) is 0 Å². The predicted molar refractivity (Wildman–Crippen MR) is 126 cm³/mol. The molecule has 0 radical (unpaired) electrons. The molecule has 0 heterocycles. The predicted octanol–water partition coefficient (Wildman–Crippen LogP) is 3.39. The molecule has 2 aromatic rings. The Morgan fingerprint density at radius 2 is 1.79 bits per heavy atom. The molecular formula is C19H25ClFIN4O2S. The average molecular weight is 555 g/mol. The van der Waals surface area contributed by atoms with Gasteiger partial charge in [-0.15, -0.1) is 24.0 Å². The Morgan fingerprint density at radius 1 is 1.17 bits per heavy atom. The molecule has 0 aromatic heterocycles. The number of nitrogens with zero attached hydrogens (tertiary/aromatic N) is 1. The van der Waals surface area contributed by atoms with Gasteiger partial charge in [0.1, 0.15) is 5.82 Å². The molecule has 0 aliphatic heterocycles. The second-order valence-corrected chi connectivity index (χ2v) is 8.94. The Hall–Kier alpha value is -1.43. The Morgan fingerprint density at radius 3 is 2.31 bits per heavy atom. The molecule has 0 unspecified atom stereocenters. The van der Waals surface area contributed by atoms with Crippen LogP contribution in [0.4, 0.5) is 4.39 Å². The number of primary sulfonamides is 1. The molecule has 0 fully saturated rings. The molecule has 0 atom stereocenters. The van der Waals surface area contributed by atoms with Crippen LogP contribution in [0.1, 0.15) is 25.0 Å². The van der Waals surface area contributed by atoms with Crippen molar-refractivity contribution in [1.82, 2.24) is 10.6 Å². The van der Waals surface area contributed by atoms with Gasteiger partial charge in [0.15, 0.2) is 5.96 Å². The van der Waals surface area contributed by atoms with E-state index in [1.165, 1.54) is 24.3 Å². The van der Waals surface area contributed by atoms with Crippen molar-refractivity contribution in [3.8, 4) is 0 Å². The van der Waals surface area contributed by atoms with Gasteiger partial charge in [-0.3, -0.25) is 4.99 Å². The highest BCUT2D eigenvalue weighted by Gasteiger charge is 2.24. The third-order valence-electron chi connectivity index (χ3n) is 4.29. The number of halogens is 3. The van der Waals surface area contributed by atoms with E-state index in [0.29, 0.717) is 24.1 Å². The van der Waals surface area contributed by atoms with Crippen molar-refractivity contribution >= 4 is 51.6 Å². The smallest absolute Gasteiger partial charge is 0.238 e. The summed E-state index contributed by atoms with van der Waals surface area (Å²) in [5.74, 6) is 0.199. The molecule has 10 heteroatoms. The lowest BCUT2D eigenvalue weighted by Gasteiger charge is -2.27. The second-order valence-electron chi connectivity index (χ2n) is 6.98. The van der Waals surface area contributed by atoms with Gasteiger partial charge in [-0.2, -0.15) is 0 Å². The summed E-state index contributed by atoms with van der Waals surface area (Å²) in [4.78, 5) is 4.25. The zero-order valence-corrected chi connectivity index (χ0v) is 20.3. The van der Waals surface area contributed by atoms with Crippen molar-refractivity contribution in [1.29, 1.82) is 0 Å². The quantitative estimate of drug-likeness (QED) is 0.290. The number of benzene rings is 2. The van der Waals surface area contributed by atoms with Crippen LogP contribution in [0.25, 0.3) is 0 Å². The van der Waals surface area contributed by atoms with E-state index in [1.54, 1.807) is 25.2 Å². The number of nitrogens with two attached hydrogens (primary N) is 1. The number of hydrogen-bond donors (Lipinski definition) is 3. The van der Waals surface area contributed by atoms with Crippen molar-refractivity contribution in [2.75, 3.05) is 13.6 Å². The second kappa shape index (κ2) is 10.6. The lowest BCUT2D eigenvalue weighted by atomic mass is 9.84. The van der Waals surface area contributed by atoms with Gasteiger partial charge in [0, 0.05) is 30.6 Å². The summed E-state index contributed by atoms with van der Waals surface area (Å²) in [6.45, 7) is 4.96. The van der Waals surface area contributed by atoms with Crippen LogP contribution in [0.2, 0.25) is 5.02 Å². The molecule has 29 heavy (non-hydrogen) atoms. The molecule has 4 N–H and O–H groups in total. The summed E-state index contributed by atoms with van der Waals surface area (Å²) in [5.41, 5.74) is 1.34. The first kappa shape index (κ1) is 25.6. The van der Waals surface area contributed by atoms with Gasteiger partial charge in [-0.1, -0.05) is 43.6 Å². The number of hydrogen-bond acceptors (Lipinski definition) is 3. The fraction of sp³-hybridized carbons (Fsp3) is 0.316. The molecule has 0 saturated heterocycles. The number of aliphatic imine (C=N–C) groups is 1. The van der Waals surface area contributed by atoms with E-state index in [-0.39, 0.29) is 40.1 Å². The first-order chi connectivity index (χ1) is 13.0. The molecule has 0 aliphatic carbocycles. The molecule has 0 saturated carbocycles. The van der Waals surface area contributed by atoms with E-state index >= 15 is 0 Å². The third-order valence-corrected chi connectivity index (χ3v) is 5.54. The van der Waals surface area contributed by atoms with Gasteiger partial charge in [0.05, 0.1) is 4.90 Å². The molecule has 2 rings (SSSR count). The van der Waals surface area contributed by atoms with E-state index in [9.17, 15) is 12.8 Å². The van der Waals surface area contributed by atoms with Gasteiger partial charge in [0.2, 0.25) is 10.0 Å². The molecule has 0 amide bonds. The van der Waals surface area contributed by atoms with Crippen molar-refractivity contribution in [2.24, 2.45) is 10.1 Å². The largest absolute Gasteiger partial charge is 0.356 e. The van der Waals surface area contributed by atoms with E-state index in [4.69, 9.17) is 16.7 Å². The highest BCUT2D eigenvalue weighted by Crippen LogP contribution is 2.29. The number of sulfonamides is 1. The fourth-order valence-corrected chi connectivity index (χ4v) is 3.58. The number of nitrogens with one attached hydrogen (secondary N) is 2. The number of rotatable bonds is 6. The van der Waals surface area contributed by atoms with Gasteiger partial charge >= 0.3 is 0 Å². The summed E-state index contributed by atoms with van der Waals surface area (Å²) in [6, 6.07) is 10.7. The van der Waals surface area contributed by atoms with Crippen LogP contribution in [0.3, 0.4) is 0 Å². The fourth-order valence-electron chi connectivity index (χ4n) is 2.64. The lowest BCUT2D eigenvalue weighted by molar-refractivity contribution is 0.507. The van der Waals surface area contributed by atoms with Crippen molar-refractivity contribution in [2.45, 2.75) is 30.7 Å². The van der Waals surface area contributed by atoms with Crippen molar-refractivity contribution in [3.05, 3.63) is 64.4 Å². The molecule has 2 aromatic carbocycles. The van der Waals surface area contributed by atoms with Crippen molar-refractivity contribution in [3.63, 3.8) is 0 Å².